The zero-order valence-corrected chi connectivity index (χ0v) is 9.11. The van der Waals surface area contributed by atoms with Crippen LogP contribution in [-0.4, -0.2) is 24.2 Å². The summed E-state index contributed by atoms with van der Waals surface area (Å²) in [7, 11) is 0. The van der Waals surface area contributed by atoms with Gasteiger partial charge in [-0.25, -0.2) is 9.59 Å². The molecule has 0 bridgehead atoms. The Morgan fingerprint density at radius 3 is 2.29 bits per heavy atom. The summed E-state index contributed by atoms with van der Waals surface area (Å²) in [6, 6.07) is -0.699. The third kappa shape index (κ3) is 5.49. The summed E-state index contributed by atoms with van der Waals surface area (Å²) in [5, 5.41) is 0. The molecule has 0 fully saturated rings. The molecule has 1 atom stereocenters. The number of rotatable bonds is 5. The second-order valence-corrected chi connectivity index (χ2v) is 3.85. The van der Waals surface area contributed by atoms with Crippen LogP contribution in [0.25, 0.3) is 0 Å². The number of carbonyl (C=O) groups is 1. The van der Waals surface area contributed by atoms with Crippen LogP contribution in [0.15, 0.2) is 4.99 Å². The normalized spacial score (nSPS) is 12.4. The fourth-order valence-corrected chi connectivity index (χ4v) is 1.02. The van der Waals surface area contributed by atoms with Crippen molar-refractivity contribution in [3.05, 3.63) is 0 Å². The molecule has 0 N–H and O–H groups in total. The molecule has 0 unspecified atom stereocenters. The van der Waals surface area contributed by atoms with Gasteiger partial charge in [0.05, 0.1) is 6.10 Å². The Morgan fingerprint density at radius 1 is 1.36 bits per heavy atom. The first-order chi connectivity index (χ1) is 6.47. The zero-order chi connectivity index (χ0) is 11.1. The average Bonchev–Trinajstić information content (AvgIpc) is 2.01. The number of carbonyl (C=O) groups excluding carboxylic acids is 2. The molecule has 0 aromatic heterocycles. The Morgan fingerprint density at radius 2 is 1.93 bits per heavy atom. The molecule has 0 aliphatic carbocycles. The maximum Gasteiger partial charge on any atom is 0.332 e. The first-order valence-corrected chi connectivity index (χ1v) is 4.74. The lowest BCUT2D eigenvalue weighted by Crippen LogP contribution is -2.25. The topological polar surface area (TPSA) is 55.7 Å². The van der Waals surface area contributed by atoms with E-state index in [1.54, 1.807) is 13.8 Å². The standard InChI is InChI=1S/C10H17NO3/c1-7(2)5-9(11-6-12)10(13)14-8(3)4/h7-9H,5H2,1-4H3/t9-/m1/s1. The Hall–Kier alpha value is -1.15. The third-order valence-electron chi connectivity index (χ3n) is 1.53. The van der Waals surface area contributed by atoms with Crippen LogP contribution in [0.5, 0.6) is 0 Å². The van der Waals surface area contributed by atoms with Crippen LogP contribution in [0, 0.1) is 5.92 Å². The van der Waals surface area contributed by atoms with E-state index in [1.165, 1.54) is 6.08 Å². The Balaban J connectivity index is 4.33. The number of isocyanates is 1. The maximum absolute atomic E-state index is 11.4. The highest BCUT2D eigenvalue weighted by Crippen LogP contribution is 2.10. The van der Waals surface area contributed by atoms with Crippen molar-refractivity contribution in [2.24, 2.45) is 10.9 Å². The molecule has 0 aromatic rings. The summed E-state index contributed by atoms with van der Waals surface area (Å²) in [6.45, 7) is 7.43. The van der Waals surface area contributed by atoms with Crippen LogP contribution in [0.4, 0.5) is 0 Å². The van der Waals surface area contributed by atoms with E-state index >= 15 is 0 Å². The number of nitrogens with zero attached hydrogens (tertiary/aromatic N) is 1. The van der Waals surface area contributed by atoms with Gasteiger partial charge in [-0.2, -0.15) is 4.99 Å². The van der Waals surface area contributed by atoms with Crippen molar-refractivity contribution in [1.82, 2.24) is 0 Å². The van der Waals surface area contributed by atoms with E-state index in [4.69, 9.17) is 4.74 Å². The average molecular weight is 199 g/mol. The molecule has 0 aliphatic heterocycles. The lowest BCUT2D eigenvalue weighted by molar-refractivity contribution is -0.149. The molecule has 0 saturated carbocycles. The summed E-state index contributed by atoms with van der Waals surface area (Å²) in [6.07, 6.45) is 1.73. The summed E-state index contributed by atoms with van der Waals surface area (Å²) in [5.74, 6) is -0.158. The minimum absolute atomic E-state index is 0.181. The maximum atomic E-state index is 11.4. The monoisotopic (exact) mass is 199 g/mol. The molecule has 80 valence electrons. The van der Waals surface area contributed by atoms with Crippen LogP contribution < -0.4 is 0 Å². The van der Waals surface area contributed by atoms with Crippen molar-refractivity contribution in [3.8, 4) is 0 Å². The first kappa shape index (κ1) is 12.8. The summed E-state index contributed by atoms with van der Waals surface area (Å²) in [5.41, 5.74) is 0. The highest BCUT2D eigenvalue weighted by molar-refractivity contribution is 5.77. The van der Waals surface area contributed by atoms with E-state index in [-0.39, 0.29) is 12.0 Å². The van der Waals surface area contributed by atoms with Gasteiger partial charge in [0.2, 0.25) is 6.08 Å². The second-order valence-electron chi connectivity index (χ2n) is 3.85. The van der Waals surface area contributed by atoms with Gasteiger partial charge in [0.1, 0.15) is 0 Å². The SMILES string of the molecule is CC(C)C[C@@H](N=C=O)C(=O)OC(C)C. The minimum Gasteiger partial charge on any atom is -0.461 e. The molecule has 0 spiro atoms. The zero-order valence-electron chi connectivity index (χ0n) is 9.11. The Labute approximate surface area is 84.4 Å². The summed E-state index contributed by atoms with van der Waals surface area (Å²) in [4.78, 5) is 24.9. The lowest BCUT2D eigenvalue weighted by atomic mass is 10.0. The number of hydrogen-bond acceptors (Lipinski definition) is 4. The van der Waals surface area contributed by atoms with Gasteiger partial charge < -0.3 is 4.74 Å². The predicted octanol–water partition coefficient (Wildman–Crippen LogP) is 1.69. The predicted molar refractivity (Wildman–Crippen MR) is 52.6 cm³/mol. The van der Waals surface area contributed by atoms with Crippen LogP contribution >= 0.6 is 0 Å². The van der Waals surface area contributed by atoms with Gasteiger partial charge in [-0.1, -0.05) is 13.8 Å². The number of aliphatic imine (C=N–C) groups is 1. The van der Waals surface area contributed by atoms with Crippen LogP contribution in [0.1, 0.15) is 34.1 Å². The molecular weight excluding hydrogens is 182 g/mol. The van der Waals surface area contributed by atoms with Crippen molar-refractivity contribution in [1.29, 1.82) is 0 Å². The molecule has 0 radical (unpaired) electrons. The first-order valence-electron chi connectivity index (χ1n) is 4.74. The van der Waals surface area contributed by atoms with Gasteiger partial charge in [-0.05, 0) is 26.2 Å². The van der Waals surface area contributed by atoms with Gasteiger partial charge in [-0.15, -0.1) is 0 Å². The minimum atomic E-state index is -0.699. The van der Waals surface area contributed by atoms with Crippen LogP contribution in [0.3, 0.4) is 0 Å². The molecule has 0 amide bonds. The Bertz CT molecular complexity index is 230. The van der Waals surface area contributed by atoms with E-state index < -0.39 is 12.0 Å². The molecule has 0 heterocycles. The number of hydrogen-bond donors (Lipinski definition) is 0. The number of ether oxygens (including phenoxy) is 1. The molecule has 0 saturated heterocycles. The third-order valence-corrected chi connectivity index (χ3v) is 1.53. The van der Waals surface area contributed by atoms with Gasteiger partial charge >= 0.3 is 5.97 Å². The van der Waals surface area contributed by atoms with Gasteiger partial charge in [0.25, 0.3) is 0 Å². The molecule has 0 aromatic carbocycles. The van der Waals surface area contributed by atoms with Crippen molar-refractivity contribution < 1.29 is 14.3 Å². The van der Waals surface area contributed by atoms with Crippen molar-refractivity contribution in [3.63, 3.8) is 0 Å². The molecule has 4 nitrogen and oxygen atoms in total. The van der Waals surface area contributed by atoms with Crippen LogP contribution in [0.2, 0.25) is 0 Å². The largest absolute Gasteiger partial charge is 0.461 e. The van der Waals surface area contributed by atoms with E-state index in [2.05, 4.69) is 4.99 Å². The van der Waals surface area contributed by atoms with E-state index in [0.717, 1.165) is 0 Å². The van der Waals surface area contributed by atoms with Crippen molar-refractivity contribution >= 4 is 12.0 Å². The second kappa shape index (κ2) is 6.33. The molecule has 0 rings (SSSR count). The summed E-state index contributed by atoms with van der Waals surface area (Å²) < 4.78 is 4.95. The quantitative estimate of drug-likeness (QED) is 0.384. The smallest absolute Gasteiger partial charge is 0.332 e. The lowest BCUT2D eigenvalue weighted by Gasteiger charge is -2.14. The van der Waals surface area contributed by atoms with E-state index in [9.17, 15) is 9.59 Å². The molecule has 4 heteroatoms. The molecule has 14 heavy (non-hydrogen) atoms. The number of esters is 1. The van der Waals surface area contributed by atoms with Crippen LogP contribution in [-0.2, 0) is 14.3 Å². The van der Waals surface area contributed by atoms with E-state index in [0.29, 0.717) is 6.42 Å². The van der Waals surface area contributed by atoms with Gasteiger partial charge in [0.15, 0.2) is 6.04 Å². The highest BCUT2D eigenvalue weighted by Gasteiger charge is 2.21. The fraction of sp³-hybridized carbons (Fsp3) is 0.800. The highest BCUT2D eigenvalue weighted by atomic mass is 16.5. The van der Waals surface area contributed by atoms with E-state index in [1.807, 2.05) is 13.8 Å². The molecular formula is C10H17NO3. The fourth-order valence-electron chi connectivity index (χ4n) is 1.02. The Kier molecular flexibility index (Phi) is 5.81. The molecule has 0 aliphatic rings. The van der Waals surface area contributed by atoms with Gasteiger partial charge in [-0.3, -0.25) is 0 Å². The van der Waals surface area contributed by atoms with Crippen molar-refractivity contribution in [2.75, 3.05) is 0 Å². The van der Waals surface area contributed by atoms with Crippen molar-refractivity contribution in [2.45, 2.75) is 46.3 Å². The van der Waals surface area contributed by atoms with Gasteiger partial charge in [0, 0.05) is 0 Å². The summed E-state index contributed by atoms with van der Waals surface area (Å²) >= 11 is 0.